The molecule has 0 saturated heterocycles. The van der Waals surface area contributed by atoms with Crippen molar-refractivity contribution in [2.45, 2.75) is 52.1 Å². The Balaban J connectivity index is 2.16. The lowest BCUT2D eigenvalue weighted by molar-refractivity contribution is 0.154. The second kappa shape index (κ2) is 6.04. The number of hydrogen-bond acceptors (Lipinski definition) is 3. The van der Waals surface area contributed by atoms with Crippen molar-refractivity contribution in [2.24, 2.45) is 5.92 Å². The molecule has 1 fully saturated rings. The first-order chi connectivity index (χ1) is 9.08. The fourth-order valence-corrected chi connectivity index (χ4v) is 2.40. The first kappa shape index (κ1) is 13.8. The van der Waals surface area contributed by atoms with E-state index in [1.165, 1.54) is 19.3 Å². The van der Waals surface area contributed by atoms with Crippen LogP contribution in [0.2, 0.25) is 0 Å². The maximum atomic E-state index is 8.03. The van der Waals surface area contributed by atoms with Crippen molar-refractivity contribution < 1.29 is 4.74 Å². The Morgan fingerprint density at radius 3 is 2.58 bits per heavy atom. The van der Waals surface area contributed by atoms with E-state index < -0.39 is 0 Å². The molecular formula is C15H23N3O. The van der Waals surface area contributed by atoms with Crippen LogP contribution in [0, 0.1) is 16.7 Å². The van der Waals surface area contributed by atoms with Crippen LogP contribution < -0.4 is 10.2 Å². The van der Waals surface area contributed by atoms with E-state index in [0.29, 0.717) is 17.4 Å². The smallest absolute Gasteiger partial charge is 0.136 e. The van der Waals surface area contributed by atoms with Gasteiger partial charge >= 0.3 is 0 Å². The lowest BCUT2D eigenvalue weighted by Crippen LogP contribution is -2.29. The molecule has 1 aliphatic carbocycles. The van der Waals surface area contributed by atoms with Gasteiger partial charge in [-0.1, -0.05) is 20.3 Å². The molecule has 0 amide bonds. The lowest BCUT2D eigenvalue weighted by atomic mass is 9.98. The first-order valence-electron chi connectivity index (χ1n) is 7.10. The van der Waals surface area contributed by atoms with Gasteiger partial charge in [0.15, 0.2) is 0 Å². The standard InChI is InChI=1S/C15H23N3O/c1-11(2)15(17)18-10-13(8-9-14(18)16)19-12-6-4-3-5-7-12/h8-12,16-17H,3-7H2,1-2H3. The summed E-state index contributed by atoms with van der Waals surface area (Å²) in [5, 5.41) is 15.9. The van der Waals surface area contributed by atoms with E-state index in [4.69, 9.17) is 15.6 Å². The molecule has 1 aromatic rings. The zero-order chi connectivity index (χ0) is 13.8. The summed E-state index contributed by atoms with van der Waals surface area (Å²) in [7, 11) is 0. The largest absolute Gasteiger partial charge is 0.489 e. The average molecular weight is 261 g/mol. The molecule has 0 atom stereocenters. The zero-order valence-electron chi connectivity index (χ0n) is 11.8. The van der Waals surface area contributed by atoms with E-state index in [9.17, 15) is 0 Å². The van der Waals surface area contributed by atoms with Gasteiger partial charge in [0.1, 0.15) is 17.1 Å². The third-order valence-electron chi connectivity index (χ3n) is 3.58. The highest BCUT2D eigenvalue weighted by atomic mass is 16.5. The molecule has 1 saturated carbocycles. The van der Waals surface area contributed by atoms with Crippen molar-refractivity contribution in [3.63, 3.8) is 0 Å². The number of ether oxygens (including phenoxy) is 1. The van der Waals surface area contributed by atoms with Crippen LogP contribution in [-0.4, -0.2) is 16.5 Å². The van der Waals surface area contributed by atoms with E-state index >= 15 is 0 Å². The summed E-state index contributed by atoms with van der Waals surface area (Å²) in [5.41, 5.74) is 0.328. The van der Waals surface area contributed by atoms with Gasteiger partial charge in [-0.25, -0.2) is 0 Å². The molecule has 104 valence electrons. The van der Waals surface area contributed by atoms with Gasteiger partial charge in [-0.2, -0.15) is 0 Å². The molecule has 0 aliphatic heterocycles. The third-order valence-corrected chi connectivity index (χ3v) is 3.58. The molecule has 0 aromatic carbocycles. The third kappa shape index (κ3) is 3.46. The highest BCUT2D eigenvalue weighted by Crippen LogP contribution is 2.22. The molecule has 1 aliphatic rings. The fourth-order valence-electron chi connectivity index (χ4n) is 2.40. The van der Waals surface area contributed by atoms with Gasteiger partial charge in [0, 0.05) is 5.92 Å². The molecule has 0 bridgehead atoms. The highest BCUT2D eigenvalue weighted by molar-refractivity contribution is 5.83. The number of hydrogen-bond donors (Lipinski definition) is 2. The van der Waals surface area contributed by atoms with Crippen LogP contribution in [0.1, 0.15) is 46.0 Å². The first-order valence-corrected chi connectivity index (χ1v) is 7.10. The van der Waals surface area contributed by atoms with Crippen molar-refractivity contribution in [3.8, 4) is 5.75 Å². The van der Waals surface area contributed by atoms with Crippen molar-refractivity contribution in [1.29, 1.82) is 10.8 Å². The summed E-state index contributed by atoms with van der Waals surface area (Å²) in [6, 6.07) is 3.54. The number of nitrogens with zero attached hydrogens (tertiary/aromatic N) is 1. The number of pyridine rings is 1. The van der Waals surface area contributed by atoms with Gasteiger partial charge in [-0.3, -0.25) is 15.4 Å². The summed E-state index contributed by atoms with van der Waals surface area (Å²) in [6.45, 7) is 3.92. The number of nitrogens with one attached hydrogen (secondary N) is 2. The van der Waals surface area contributed by atoms with E-state index in [1.807, 2.05) is 19.9 Å². The molecule has 0 spiro atoms. The zero-order valence-corrected chi connectivity index (χ0v) is 11.8. The normalized spacial score (nSPS) is 16.6. The van der Waals surface area contributed by atoms with Crippen molar-refractivity contribution in [1.82, 2.24) is 4.57 Å². The SMILES string of the molecule is CC(C)C(=N)n1cc(OC2CCCCC2)ccc1=N. The second-order valence-corrected chi connectivity index (χ2v) is 5.54. The van der Waals surface area contributed by atoms with Crippen LogP contribution in [0.5, 0.6) is 5.75 Å². The molecule has 4 heteroatoms. The van der Waals surface area contributed by atoms with Crippen molar-refractivity contribution in [2.75, 3.05) is 0 Å². The maximum Gasteiger partial charge on any atom is 0.136 e. The summed E-state index contributed by atoms with van der Waals surface area (Å²) in [6.07, 6.45) is 8.09. The predicted molar refractivity (Wildman–Crippen MR) is 75.8 cm³/mol. The molecule has 2 N–H and O–H groups in total. The van der Waals surface area contributed by atoms with Crippen LogP contribution in [0.4, 0.5) is 0 Å². The Hall–Kier alpha value is -1.58. The monoisotopic (exact) mass is 261 g/mol. The Bertz CT molecular complexity index is 498. The summed E-state index contributed by atoms with van der Waals surface area (Å²) >= 11 is 0. The van der Waals surface area contributed by atoms with Gasteiger partial charge in [-0.15, -0.1) is 0 Å². The molecule has 19 heavy (non-hydrogen) atoms. The van der Waals surface area contributed by atoms with E-state index in [-0.39, 0.29) is 5.92 Å². The Labute approximate surface area is 114 Å². The molecule has 0 radical (unpaired) electrons. The molecule has 0 unspecified atom stereocenters. The topological polar surface area (TPSA) is 61.9 Å². The summed E-state index contributed by atoms with van der Waals surface area (Å²) in [5.74, 6) is 1.30. The molecular weight excluding hydrogens is 238 g/mol. The Morgan fingerprint density at radius 2 is 1.95 bits per heavy atom. The minimum atomic E-state index is 0.0963. The predicted octanol–water partition coefficient (Wildman–Crippen LogP) is 3.16. The van der Waals surface area contributed by atoms with Crippen LogP contribution in [0.3, 0.4) is 0 Å². The van der Waals surface area contributed by atoms with Crippen LogP contribution in [-0.2, 0) is 0 Å². The maximum absolute atomic E-state index is 8.03. The van der Waals surface area contributed by atoms with E-state index in [2.05, 4.69) is 0 Å². The van der Waals surface area contributed by atoms with Crippen LogP contribution in [0.15, 0.2) is 18.3 Å². The number of aromatic nitrogens is 1. The van der Waals surface area contributed by atoms with Gasteiger partial charge < -0.3 is 4.74 Å². The molecule has 1 heterocycles. The van der Waals surface area contributed by atoms with Gasteiger partial charge in [-0.05, 0) is 37.8 Å². The number of rotatable bonds is 3. The van der Waals surface area contributed by atoms with E-state index in [1.54, 1.807) is 16.8 Å². The summed E-state index contributed by atoms with van der Waals surface area (Å²) < 4.78 is 7.58. The Kier molecular flexibility index (Phi) is 4.40. The van der Waals surface area contributed by atoms with Crippen LogP contribution >= 0.6 is 0 Å². The van der Waals surface area contributed by atoms with Gasteiger partial charge in [0.05, 0.1) is 12.3 Å². The minimum Gasteiger partial charge on any atom is -0.489 e. The minimum absolute atomic E-state index is 0.0963. The van der Waals surface area contributed by atoms with Crippen molar-refractivity contribution >= 4 is 5.84 Å². The fraction of sp³-hybridized carbons (Fsp3) is 0.600. The Morgan fingerprint density at radius 1 is 1.26 bits per heavy atom. The highest BCUT2D eigenvalue weighted by Gasteiger charge is 2.15. The molecule has 2 rings (SSSR count). The van der Waals surface area contributed by atoms with Crippen LogP contribution in [0.25, 0.3) is 0 Å². The quantitative estimate of drug-likeness (QED) is 0.637. The van der Waals surface area contributed by atoms with E-state index in [0.717, 1.165) is 18.6 Å². The average Bonchev–Trinajstić information content (AvgIpc) is 2.41. The lowest BCUT2D eigenvalue weighted by Gasteiger charge is -2.23. The van der Waals surface area contributed by atoms with Gasteiger partial charge in [0.25, 0.3) is 0 Å². The molecule has 4 nitrogen and oxygen atoms in total. The second-order valence-electron chi connectivity index (χ2n) is 5.54. The van der Waals surface area contributed by atoms with Gasteiger partial charge in [0.2, 0.25) is 0 Å². The summed E-state index contributed by atoms with van der Waals surface area (Å²) in [4.78, 5) is 0. The van der Waals surface area contributed by atoms with Crippen molar-refractivity contribution in [3.05, 3.63) is 23.8 Å². The molecule has 1 aromatic heterocycles.